The molecule has 0 unspecified atom stereocenters. The van der Waals surface area contributed by atoms with Gasteiger partial charge in [0.2, 0.25) is 5.91 Å². The van der Waals surface area contributed by atoms with Crippen molar-refractivity contribution in [3.8, 4) is 0 Å². The minimum absolute atomic E-state index is 0.171. The highest BCUT2D eigenvalue weighted by atomic mass is 32.1. The van der Waals surface area contributed by atoms with Gasteiger partial charge in [0, 0.05) is 42.8 Å². The Morgan fingerprint density at radius 2 is 2.15 bits per heavy atom. The summed E-state index contributed by atoms with van der Waals surface area (Å²) < 4.78 is 2.02. The second-order valence-corrected chi connectivity index (χ2v) is 7.53. The number of nitrogens with one attached hydrogen (secondary N) is 1. The number of fused-ring (bicyclic) bond motifs is 1. The number of carbonyl (C=O) groups excluding carboxylic acids is 1. The van der Waals surface area contributed by atoms with Crippen LogP contribution in [0.2, 0.25) is 0 Å². The highest BCUT2D eigenvalue weighted by Crippen LogP contribution is 2.19. The fraction of sp³-hybridized carbons (Fsp3) is 0.316. The molecule has 4 rings (SSSR count). The second-order valence-electron chi connectivity index (χ2n) is 6.50. The first-order valence-electron chi connectivity index (χ1n) is 8.73. The Bertz CT molecular complexity index is 846. The Morgan fingerprint density at radius 1 is 1.19 bits per heavy atom. The summed E-state index contributed by atoms with van der Waals surface area (Å²) in [6.45, 7) is 2.88. The molecule has 1 N–H and O–H groups in total. The lowest BCUT2D eigenvalue weighted by atomic mass is 10.1. The number of anilines is 1. The van der Waals surface area contributed by atoms with Crippen LogP contribution < -0.4 is 5.32 Å². The molecule has 0 bridgehead atoms. The number of rotatable bonds is 5. The molecule has 1 amide bonds. The van der Waals surface area contributed by atoms with Gasteiger partial charge in [-0.15, -0.1) is 11.3 Å². The van der Waals surface area contributed by atoms with E-state index >= 15 is 0 Å². The van der Waals surface area contributed by atoms with Crippen molar-refractivity contribution in [2.45, 2.75) is 19.5 Å². The lowest BCUT2D eigenvalue weighted by Crippen LogP contribution is -2.36. The van der Waals surface area contributed by atoms with E-state index in [1.54, 1.807) is 17.5 Å². The van der Waals surface area contributed by atoms with E-state index in [1.165, 1.54) is 0 Å². The standard InChI is InChI=1S/C19H21N5OS/c25-19(10-17-4-3-9-26-17)23-12-15(11-21-18-5-1-2-7-20-18)13-24-16(14-23)6-8-22-24/h1-9,15H,10-14H2,(H,20,21)/t15-/m1/s1. The van der Waals surface area contributed by atoms with Crippen LogP contribution in [-0.2, 0) is 24.3 Å². The summed E-state index contributed by atoms with van der Waals surface area (Å²) in [5.74, 6) is 1.30. The van der Waals surface area contributed by atoms with Gasteiger partial charge in [0.05, 0.1) is 18.7 Å². The van der Waals surface area contributed by atoms with Gasteiger partial charge in [0.1, 0.15) is 5.82 Å². The molecule has 0 aromatic carbocycles. The van der Waals surface area contributed by atoms with Crippen LogP contribution >= 0.6 is 11.3 Å². The molecule has 3 aromatic rings. The zero-order valence-electron chi connectivity index (χ0n) is 14.4. The first kappa shape index (κ1) is 16.8. The molecular weight excluding hydrogens is 346 g/mol. The number of thiophene rings is 1. The van der Waals surface area contributed by atoms with E-state index in [-0.39, 0.29) is 11.8 Å². The number of pyridine rings is 1. The van der Waals surface area contributed by atoms with E-state index in [9.17, 15) is 4.79 Å². The Balaban J connectivity index is 1.47. The van der Waals surface area contributed by atoms with Crippen LogP contribution in [0.4, 0.5) is 5.82 Å². The van der Waals surface area contributed by atoms with Crippen molar-refractivity contribution in [2.24, 2.45) is 5.92 Å². The van der Waals surface area contributed by atoms with Gasteiger partial charge in [-0.25, -0.2) is 4.98 Å². The molecule has 0 saturated carbocycles. The molecule has 4 heterocycles. The normalized spacial score (nSPS) is 16.8. The maximum Gasteiger partial charge on any atom is 0.228 e. The third-order valence-electron chi connectivity index (χ3n) is 4.56. The van der Waals surface area contributed by atoms with Crippen LogP contribution in [0, 0.1) is 5.92 Å². The van der Waals surface area contributed by atoms with E-state index in [0.29, 0.717) is 19.5 Å². The Hall–Kier alpha value is -2.67. The van der Waals surface area contributed by atoms with Gasteiger partial charge in [-0.3, -0.25) is 9.48 Å². The van der Waals surface area contributed by atoms with Crippen LogP contribution in [-0.4, -0.2) is 38.7 Å². The van der Waals surface area contributed by atoms with Gasteiger partial charge in [-0.1, -0.05) is 12.1 Å². The Morgan fingerprint density at radius 3 is 2.96 bits per heavy atom. The SMILES string of the molecule is O=C(Cc1cccs1)N1Cc2ccnn2C[C@H](CNc2ccccn2)C1. The average molecular weight is 367 g/mol. The van der Waals surface area contributed by atoms with Gasteiger partial charge in [0.15, 0.2) is 0 Å². The first-order chi connectivity index (χ1) is 12.8. The smallest absolute Gasteiger partial charge is 0.228 e. The van der Waals surface area contributed by atoms with E-state index in [1.807, 2.05) is 57.6 Å². The van der Waals surface area contributed by atoms with Gasteiger partial charge < -0.3 is 10.2 Å². The molecule has 0 radical (unpaired) electrons. The molecule has 0 spiro atoms. The minimum atomic E-state index is 0.171. The van der Waals surface area contributed by atoms with Crippen molar-refractivity contribution in [1.82, 2.24) is 19.7 Å². The van der Waals surface area contributed by atoms with Crippen LogP contribution in [0.5, 0.6) is 0 Å². The second kappa shape index (κ2) is 7.70. The van der Waals surface area contributed by atoms with Crippen molar-refractivity contribution < 1.29 is 4.79 Å². The Labute approximate surface area is 156 Å². The lowest BCUT2D eigenvalue weighted by molar-refractivity contribution is -0.131. The summed E-state index contributed by atoms with van der Waals surface area (Å²) in [5, 5.41) is 9.82. The predicted octanol–water partition coefficient (Wildman–Crippen LogP) is 2.65. The first-order valence-corrected chi connectivity index (χ1v) is 9.61. The lowest BCUT2D eigenvalue weighted by Gasteiger charge is -2.24. The van der Waals surface area contributed by atoms with Crippen molar-refractivity contribution in [3.05, 3.63) is 64.7 Å². The predicted molar refractivity (Wildman–Crippen MR) is 102 cm³/mol. The number of hydrogen-bond acceptors (Lipinski definition) is 5. The molecule has 0 fully saturated rings. The zero-order chi connectivity index (χ0) is 17.8. The number of aromatic nitrogens is 3. The molecule has 134 valence electrons. The molecule has 7 heteroatoms. The highest BCUT2D eigenvalue weighted by Gasteiger charge is 2.25. The largest absolute Gasteiger partial charge is 0.370 e. The summed E-state index contributed by atoms with van der Waals surface area (Å²) in [5.41, 5.74) is 1.09. The molecule has 6 nitrogen and oxygen atoms in total. The fourth-order valence-electron chi connectivity index (χ4n) is 3.24. The summed E-state index contributed by atoms with van der Waals surface area (Å²) in [6, 6.07) is 11.8. The monoisotopic (exact) mass is 367 g/mol. The quantitative estimate of drug-likeness (QED) is 0.753. The summed E-state index contributed by atoms with van der Waals surface area (Å²) in [7, 11) is 0. The van der Waals surface area contributed by atoms with E-state index in [4.69, 9.17) is 0 Å². The van der Waals surface area contributed by atoms with Crippen LogP contribution in [0.15, 0.2) is 54.2 Å². The highest BCUT2D eigenvalue weighted by molar-refractivity contribution is 7.10. The Kier molecular flexibility index (Phi) is 4.97. The molecule has 1 atom stereocenters. The number of carbonyl (C=O) groups is 1. The topological polar surface area (TPSA) is 63.1 Å². The van der Waals surface area contributed by atoms with Crippen LogP contribution in [0.1, 0.15) is 10.6 Å². The van der Waals surface area contributed by atoms with Crippen LogP contribution in [0.25, 0.3) is 0 Å². The van der Waals surface area contributed by atoms with Crippen molar-refractivity contribution in [2.75, 3.05) is 18.4 Å². The maximum atomic E-state index is 12.8. The summed E-state index contributed by atoms with van der Waals surface area (Å²) >= 11 is 1.63. The molecule has 0 saturated heterocycles. The van der Waals surface area contributed by atoms with Crippen molar-refractivity contribution >= 4 is 23.1 Å². The van der Waals surface area contributed by atoms with Crippen molar-refractivity contribution in [1.29, 1.82) is 0 Å². The molecule has 1 aliphatic rings. The molecular formula is C19H21N5OS. The van der Waals surface area contributed by atoms with Gasteiger partial charge in [-0.2, -0.15) is 5.10 Å². The minimum Gasteiger partial charge on any atom is -0.370 e. The van der Waals surface area contributed by atoms with Crippen molar-refractivity contribution in [3.63, 3.8) is 0 Å². The number of nitrogens with zero attached hydrogens (tertiary/aromatic N) is 4. The van der Waals surface area contributed by atoms with Gasteiger partial charge >= 0.3 is 0 Å². The third-order valence-corrected chi connectivity index (χ3v) is 5.44. The third kappa shape index (κ3) is 3.94. The summed E-state index contributed by atoms with van der Waals surface area (Å²) in [6.07, 6.45) is 4.05. The molecule has 0 aliphatic carbocycles. The fourth-order valence-corrected chi connectivity index (χ4v) is 3.94. The van der Waals surface area contributed by atoms with Gasteiger partial charge in [-0.05, 0) is 29.6 Å². The number of hydrogen-bond donors (Lipinski definition) is 1. The summed E-state index contributed by atoms with van der Waals surface area (Å²) in [4.78, 5) is 20.2. The molecule has 1 aliphatic heterocycles. The van der Waals surface area contributed by atoms with Gasteiger partial charge in [0.25, 0.3) is 0 Å². The van der Waals surface area contributed by atoms with E-state index < -0.39 is 0 Å². The average Bonchev–Trinajstić information content (AvgIpc) is 3.29. The molecule has 26 heavy (non-hydrogen) atoms. The van der Waals surface area contributed by atoms with E-state index in [0.717, 1.165) is 29.5 Å². The number of amides is 1. The van der Waals surface area contributed by atoms with E-state index in [2.05, 4.69) is 15.4 Å². The van der Waals surface area contributed by atoms with Crippen LogP contribution in [0.3, 0.4) is 0 Å². The maximum absolute atomic E-state index is 12.8. The zero-order valence-corrected chi connectivity index (χ0v) is 15.2. The molecule has 3 aromatic heterocycles.